The first-order chi connectivity index (χ1) is 9.16. The van der Waals surface area contributed by atoms with Crippen LogP contribution in [0.2, 0.25) is 0 Å². The van der Waals surface area contributed by atoms with Crippen LogP contribution < -0.4 is 11.1 Å². The van der Waals surface area contributed by atoms with Crippen LogP contribution in [0.1, 0.15) is 51.9 Å². The standard InChI is InChI=1S/C15H28N2O2/c1-11-5-6-12(16)10-14(11)15(18)17-8-7-13-4-2-3-9-19-13/h11-14H,2-10,16H2,1H3,(H,17,18). The molecule has 0 radical (unpaired) electrons. The Morgan fingerprint density at radius 3 is 2.89 bits per heavy atom. The van der Waals surface area contributed by atoms with Crippen LogP contribution in [0.4, 0.5) is 0 Å². The van der Waals surface area contributed by atoms with Gasteiger partial charge >= 0.3 is 0 Å². The molecule has 110 valence electrons. The second-order valence-corrected chi connectivity index (χ2v) is 6.23. The van der Waals surface area contributed by atoms with Crippen molar-refractivity contribution in [3.8, 4) is 0 Å². The van der Waals surface area contributed by atoms with Crippen molar-refractivity contribution >= 4 is 5.91 Å². The van der Waals surface area contributed by atoms with E-state index in [-0.39, 0.29) is 17.9 Å². The maximum Gasteiger partial charge on any atom is 0.223 e. The first-order valence-corrected chi connectivity index (χ1v) is 7.81. The number of hydrogen-bond donors (Lipinski definition) is 2. The number of ether oxygens (including phenoxy) is 1. The van der Waals surface area contributed by atoms with Crippen LogP contribution in [-0.2, 0) is 9.53 Å². The molecule has 4 atom stereocenters. The Morgan fingerprint density at radius 1 is 1.32 bits per heavy atom. The molecule has 0 aromatic carbocycles. The van der Waals surface area contributed by atoms with Gasteiger partial charge in [-0.3, -0.25) is 4.79 Å². The second kappa shape index (κ2) is 7.25. The minimum Gasteiger partial charge on any atom is -0.378 e. The van der Waals surface area contributed by atoms with E-state index in [1.54, 1.807) is 0 Å². The third kappa shape index (κ3) is 4.46. The van der Waals surface area contributed by atoms with Gasteiger partial charge in [-0.25, -0.2) is 0 Å². The van der Waals surface area contributed by atoms with E-state index in [1.807, 2.05) is 0 Å². The summed E-state index contributed by atoms with van der Waals surface area (Å²) in [5.41, 5.74) is 5.97. The fourth-order valence-electron chi connectivity index (χ4n) is 3.24. The molecule has 1 saturated carbocycles. The topological polar surface area (TPSA) is 64.4 Å². The van der Waals surface area contributed by atoms with Crippen molar-refractivity contribution < 1.29 is 9.53 Å². The van der Waals surface area contributed by atoms with Crippen molar-refractivity contribution in [3.63, 3.8) is 0 Å². The van der Waals surface area contributed by atoms with Gasteiger partial charge in [0, 0.05) is 25.1 Å². The van der Waals surface area contributed by atoms with Gasteiger partial charge < -0.3 is 15.8 Å². The number of carbonyl (C=O) groups excluding carboxylic acids is 1. The average Bonchev–Trinajstić information content (AvgIpc) is 2.42. The van der Waals surface area contributed by atoms with E-state index in [2.05, 4.69) is 12.2 Å². The molecule has 1 aliphatic carbocycles. The van der Waals surface area contributed by atoms with Gasteiger partial charge in [0.2, 0.25) is 5.91 Å². The highest BCUT2D eigenvalue weighted by atomic mass is 16.5. The minimum atomic E-state index is 0.107. The van der Waals surface area contributed by atoms with Gasteiger partial charge in [-0.05, 0) is 50.9 Å². The van der Waals surface area contributed by atoms with E-state index in [1.165, 1.54) is 12.8 Å². The lowest BCUT2D eigenvalue weighted by Gasteiger charge is -2.31. The van der Waals surface area contributed by atoms with Crippen molar-refractivity contribution in [2.24, 2.45) is 17.6 Å². The number of nitrogens with one attached hydrogen (secondary N) is 1. The Bertz CT molecular complexity index is 290. The van der Waals surface area contributed by atoms with Gasteiger partial charge in [0.15, 0.2) is 0 Å². The molecule has 2 fully saturated rings. The molecule has 3 N–H and O–H groups in total. The lowest BCUT2D eigenvalue weighted by Crippen LogP contribution is -2.42. The predicted octanol–water partition coefficient (Wildman–Crippen LogP) is 1.83. The number of hydrogen-bond acceptors (Lipinski definition) is 3. The minimum absolute atomic E-state index is 0.107. The predicted molar refractivity (Wildman–Crippen MR) is 75.7 cm³/mol. The lowest BCUT2D eigenvalue weighted by molar-refractivity contribution is -0.127. The summed E-state index contributed by atoms with van der Waals surface area (Å²) in [6.07, 6.45) is 7.84. The number of rotatable bonds is 4. The summed E-state index contributed by atoms with van der Waals surface area (Å²) in [5.74, 6) is 0.764. The summed E-state index contributed by atoms with van der Waals surface area (Å²) in [6, 6.07) is 0.202. The molecule has 2 rings (SSSR count). The van der Waals surface area contributed by atoms with Crippen LogP contribution in [0.3, 0.4) is 0 Å². The molecule has 19 heavy (non-hydrogen) atoms. The SMILES string of the molecule is CC1CCC(N)CC1C(=O)NCCC1CCCCO1. The summed E-state index contributed by atoms with van der Waals surface area (Å²) in [4.78, 5) is 12.2. The molecule has 4 nitrogen and oxygen atoms in total. The van der Waals surface area contributed by atoms with E-state index in [0.717, 1.165) is 45.3 Å². The summed E-state index contributed by atoms with van der Waals surface area (Å²) < 4.78 is 5.67. The Balaban J connectivity index is 1.68. The van der Waals surface area contributed by atoms with Crippen molar-refractivity contribution in [2.45, 2.75) is 64.0 Å². The van der Waals surface area contributed by atoms with Crippen molar-refractivity contribution in [1.29, 1.82) is 0 Å². The fourth-order valence-corrected chi connectivity index (χ4v) is 3.24. The Labute approximate surface area is 116 Å². The molecule has 1 aliphatic heterocycles. The van der Waals surface area contributed by atoms with Crippen LogP contribution in [-0.4, -0.2) is 31.2 Å². The van der Waals surface area contributed by atoms with Crippen LogP contribution >= 0.6 is 0 Å². The molecule has 4 heteroatoms. The van der Waals surface area contributed by atoms with E-state index >= 15 is 0 Å². The number of nitrogens with two attached hydrogens (primary N) is 1. The molecular weight excluding hydrogens is 240 g/mol. The molecule has 1 heterocycles. The monoisotopic (exact) mass is 268 g/mol. The molecule has 0 aromatic heterocycles. The van der Waals surface area contributed by atoms with Crippen LogP contribution in [0.5, 0.6) is 0 Å². The van der Waals surface area contributed by atoms with E-state index in [9.17, 15) is 4.79 Å². The highest BCUT2D eigenvalue weighted by Crippen LogP contribution is 2.29. The molecule has 0 aromatic rings. The zero-order valence-electron chi connectivity index (χ0n) is 12.1. The smallest absolute Gasteiger partial charge is 0.223 e. The van der Waals surface area contributed by atoms with Crippen molar-refractivity contribution in [1.82, 2.24) is 5.32 Å². The van der Waals surface area contributed by atoms with Gasteiger partial charge in [0.05, 0.1) is 6.10 Å². The van der Waals surface area contributed by atoms with Crippen LogP contribution in [0, 0.1) is 11.8 Å². The van der Waals surface area contributed by atoms with E-state index in [4.69, 9.17) is 10.5 Å². The second-order valence-electron chi connectivity index (χ2n) is 6.23. The van der Waals surface area contributed by atoms with Gasteiger partial charge in [0.25, 0.3) is 0 Å². The highest BCUT2D eigenvalue weighted by Gasteiger charge is 2.31. The fraction of sp³-hybridized carbons (Fsp3) is 0.933. The lowest BCUT2D eigenvalue weighted by atomic mass is 9.77. The summed E-state index contributed by atoms with van der Waals surface area (Å²) >= 11 is 0. The van der Waals surface area contributed by atoms with Gasteiger partial charge in [0.1, 0.15) is 0 Å². The van der Waals surface area contributed by atoms with E-state index in [0.29, 0.717) is 12.0 Å². The van der Waals surface area contributed by atoms with Gasteiger partial charge in [-0.1, -0.05) is 6.92 Å². The Kier molecular flexibility index (Phi) is 5.64. The highest BCUT2D eigenvalue weighted by molar-refractivity contribution is 5.79. The van der Waals surface area contributed by atoms with E-state index < -0.39 is 0 Å². The molecular formula is C15H28N2O2. The van der Waals surface area contributed by atoms with Crippen LogP contribution in [0.25, 0.3) is 0 Å². The molecule has 1 saturated heterocycles. The maximum atomic E-state index is 12.2. The summed E-state index contributed by atoms with van der Waals surface area (Å²) in [5, 5.41) is 3.08. The Morgan fingerprint density at radius 2 is 2.16 bits per heavy atom. The molecule has 1 amide bonds. The maximum absolute atomic E-state index is 12.2. The van der Waals surface area contributed by atoms with Gasteiger partial charge in [-0.15, -0.1) is 0 Å². The normalized spacial score (nSPS) is 35.9. The first-order valence-electron chi connectivity index (χ1n) is 7.81. The third-order valence-corrected chi connectivity index (χ3v) is 4.61. The van der Waals surface area contributed by atoms with Crippen molar-refractivity contribution in [2.75, 3.05) is 13.2 Å². The molecule has 2 aliphatic rings. The zero-order valence-corrected chi connectivity index (χ0v) is 12.1. The average molecular weight is 268 g/mol. The zero-order chi connectivity index (χ0) is 13.7. The summed E-state index contributed by atoms with van der Waals surface area (Å²) in [6.45, 7) is 3.79. The number of carbonyl (C=O) groups is 1. The first kappa shape index (κ1) is 14.8. The molecule has 0 spiro atoms. The van der Waals surface area contributed by atoms with Crippen molar-refractivity contribution in [3.05, 3.63) is 0 Å². The molecule has 0 bridgehead atoms. The van der Waals surface area contributed by atoms with Crippen LogP contribution in [0.15, 0.2) is 0 Å². The molecule has 4 unspecified atom stereocenters. The largest absolute Gasteiger partial charge is 0.378 e. The summed E-state index contributed by atoms with van der Waals surface area (Å²) in [7, 11) is 0. The quantitative estimate of drug-likeness (QED) is 0.817. The Hall–Kier alpha value is -0.610. The van der Waals surface area contributed by atoms with Gasteiger partial charge in [-0.2, -0.15) is 0 Å². The third-order valence-electron chi connectivity index (χ3n) is 4.61. The number of amides is 1.